The molecular weight excluding hydrogens is 161 g/mol. The van der Waals surface area contributed by atoms with E-state index in [4.69, 9.17) is 0 Å². The van der Waals surface area contributed by atoms with Crippen molar-refractivity contribution in [2.45, 2.75) is 0 Å². The predicted octanol–water partition coefficient (Wildman–Crippen LogP) is 0.868. The molecular formula is C5H7Ru-. The average molecular weight is 168 g/mol. The molecule has 0 fully saturated rings. The molecule has 1 aromatic carbocycles. The SMILES string of the molecule is [RuH2].c1cc[cH-]c1. The Labute approximate surface area is 50.3 Å². The van der Waals surface area contributed by atoms with E-state index < -0.39 is 0 Å². The molecule has 0 nitrogen and oxygen atoms in total. The zero-order valence-corrected chi connectivity index (χ0v) is 5.30. The molecule has 1 heteroatoms. The van der Waals surface area contributed by atoms with Gasteiger partial charge >= 0.3 is 19.5 Å². The van der Waals surface area contributed by atoms with Crippen LogP contribution in [0.3, 0.4) is 0 Å². The first-order chi connectivity index (χ1) is 2.50. The molecule has 0 saturated heterocycles. The minimum Gasteiger partial charge on any atom is -0.214 e. The standard InChI is InChI=1S/C5H5.Ru.2H/c1-2-4-5-3-1;;;/h1-5H;;;/q-1;;;. The summed E-state index contributed by atoms with van der Waals surface area (Å²) in [5.41, 5.74) is 0. The predicted molar refractivity (Wildman–Crippen MR) is 24.8 cm³/mol. The minimum atomic E-state index is 0. The van der Waals surface area contributed by atoms with Crippen LogP contribution in [0.5, 0.6) is 0 Å². The molecule has 0 bridgehead atoms. The maximum atomic E-state index is 2.00. The summed E-state index contributed by atoms with van der Waals surface area (Å²) < 4.78 is 0. The van der Waals surface area contributed by atoms with Crippen molar-refractivity contribution >= 4 is 0 Å². The summed E-state index contributed by atoms with van der Waals surface area (Å²) >= 11 is 0. The third-order valence-corrected chi connectivity index (χ3v) is 0.556. The first-order valence-corrected chi connectivity index (χ1v) is 1.67. The Morgan fingerprint density at radius 2 is 1.50 bits per heavy atom. The van der Waals surface area contributed by atoms with E-state index >= 15 is 0 Å². The van der Waals surface area contributed by atoms with Crippen LogP contribution in [-0.4, -0.2) is 0 Å². The summed E-state index contributed by atoms with van der Waals surface area (Å²) in [5.74, 6) is 0. The van der Waals surface area contributed by atoms with Gasteiger partial charge in [-0.05, 0) is 0 Å². The molecule has 0 aromatic heterocycles. The van der Waals surface area contributed by atoms with Crippen LogP contribution < -0.4 is 0 Å². The molecule has 0 aliphatic carbocycles. The van der Waals surface area contributed by atoms with Crippen LogP contribution >= 0.6 is 0 Å². The Morgan fingerprint density at radius 1 is 1.00 bits per heavy atom. The number of hydrogen-bond acceptors (Lipinski definition) is 0. The molecule has 0 unspecified atom stereocenters. The van der Waals surface area contributed by atoms with Crippen molar-refractivity contribution in [3.8, 4) is 0 Å². The quantitative estimate of drug-likeness (QED) is 0.398. The van der Waals surface area contributed by atoms with Gasteiger partial charge in [-0.2, -0.15) is 18.2 Å². The van der Waals surface area contributed by atoms with Crippen molar-refractivity contribution in [3.05, 3.63) is 30.3 Å². The monoisotopic (exact) mass is 169 g/mol. The summed E-state index contributed by atoms with van der Waals surface area (Å²) in [6.07, 6.45) is 0. The van der Waals surface area contributed by atoms with Gasteiger partial charge in [-0.15, -0.1) is 0 Å². The molecule has 0 N–H and O–H groups in total. The van der Waals surface area contributed by atoms with Gasteiger partial charge in [0.05, 0.1) is 0 Å². The van der Waals surface area contributed by atoms with E-state index in [1.165, 1.54) is 0 Å². The first-order valence-electron chi connectivity index (χ1n) is 1.67. The molecule has 6 heavy (non-hydrogen) atoms. The smallest absolute Gasteiger partial charge is 0.172 e. The second-order valence-electron chi connectivity index (χ2n) is 0.962. The first kappa shape index (κ1) is 5.97. The fourth-order valence-corrected chi connectivity index (χ4v) is 0.321. The van der Waals surface area contributed by atoms with Crippen LogP contribution in [0.2, 0.25) is 0 Å². The summed E-state index contributed by atoms with van der Waals surface area (Å²) in [5, 5.41) is 0. The van der Waals surface area contributed by atoms with Crippen LogP contribution in [0.1, 0.15) is 0 Å². The molecule has 36 valence electrons. The van der Waals surface area contributed by atoms with Gasteiger partial charge in [-0.1, -0.05) is 0 Å². The Hall–Kier alpha value is -0.0266. The van der Waals surface area contributed by atoms with Gasteiger partial charge in [-0.25, -0.2) is 12.1 Å². The Morgan fingerprint density at radius 3 is 1.67 bits per heavy atom. The summed E-state index contributed by atoms with van der Waals surface area (Å²) in [6.45, 7) is 0. The van der Waals surface area contributed by atoms with Crippen molar-refractivity contribution in [3.63, 3.8) is 0 Å². The molecule has 0 aliphatic rings. The Bertz CT molecular complexity index is 60.4. The molecule has 1 aromatic rings. The summed E-state index contributed by atoms with van der Waals surface area (Å²) in [6, 6.07) is 10.0. The second kappa shape index (κ2) is 3.17. The van der Waals surface area contributed by atoms with Crippen LogP contribution in [0, 0.1) is 0 Å². The molecule has 0 heterocycles. The van der Waals surface area contributed by atoms with E-state index in [1.807, 2.05) is 30.3 Å². The van der Waals surface area contributed by atoms with Crippen LogP contribution in [0.15, 0.2) is 30.3 Å². The number of hydrogen-bond donors (Lipinski definition) is 0. The van der Waals surface area contributed by atoms with Gasteiger partial charge < -0.3 is 0 Å². The second-order valence-corrected chi connectivity index (χ2v) is 0.962. The molecule has 0 aliphatic heterocycles. The zero-order chi connectivity index (χ0) is 3.54. The van der Waals surface area contributed by atoms with E-state index in [2.05, 4.69) is 0 Å². The van der Waals surface area contributed by atoms with Crippen molar-refractivity contribution in [1.29, 1.82) is 0 Å². The van der Waals surface area contributed by atoms with Gasteiger partial charge in [0.15, 0.2) is 0 Å². The van der Waals surface area contributed by atoms with Gasteiger partial charge in [0.25, 0.3) is 0 Å². The fraction of sp³-hybridized carbons (Fsp3) is 0. The largest absolute Gasteiger partial charge is 0.214 e. The third kappa shape index (κ3) is 1.42. The molecule has 0 spiro atoms. The van der Waals surface area contributed by atoms with Crippen LogP contribution in [0.4, 0.5) is 0 Å². The maximum absolute atomic E-state index is 2.00. The van der Waals surface area contributed by atoms with E-state index in [-0.39, 0.29) is 19.5 Å². The van der Waals surface area contributed by atoms with E-state index in [9.17, 15) is 0 Å². The van der Waals surface area contributed by atoms with E-state index in [1.54, 1.807) is 0 Å². The molecule has 0 amide bonds. The van der Waals surface area contributed by atoms with E-state index in [0.717, 1.165) is 0 Å². The van der Waals surface area contributed by atoms with Gasteiger partial charge in [-0.3, -0.25) is 0 Å². The molecule has 1 rings (SSSR count). The topological polar surface area (TPSA) is 0 Å². The summed E-state index contributed by atoms with van der Waals surface area (Å²) in [4.78, 5) is 0. The number of rotatable bonds is 0. The molecule has 0 radical (unpaired) electrons. The van der Waals surface area contributed by atoms with Crippen molar-refractivity contribution in [2.24, 2.45) is 0 Å². The molecule has 0 atom stereocenters. The van der Waals surface area contributed by atoms with Gasteiger partial charge in [0.1, 0.15) is 0 Å². The summed E-state index contributed by atoms with van der Waals surface area (Å²) in [7, 11) is 0. The Balaban J connectivity index is 0.000000250. The van der Waals surface area contributed by atoms with Crippen LogP contribution in [0.25, 0.3) is 0 Å². The minimum absolute atomic E-state index is 0. The Kier molecular flexibility index (Phi) is 3.16. The normalized spacial score (nSPS) is 6.67. The van der Waals surface area contributed by atoms with E-state index in [0.29, 0.717) is 0 Å². The maximum Gasteiger partial charge on any atom is -0.172 e. The average Bonchev–Trinajstić information content (AvgIpc) is 1.76. The van der Waals surface area contributed by atoms with Crippen molar-refractivity contribution < 1.29 is 19.5 Å². The molecule has 0 saturated carbocycles. The van der Waals surface area contributed by atoms with Crippen molar-refractivity contribution in [2.75, 3.05) is 0 Å². The van der Waals surface area contributed by atoms with Gasteiger partial charge in [0, 0.05) is 0 Å². The van der Waals surface area contributed by atoms with Crippen molar-refractivity contribution in [1.82, 2.24) is 0 Å². The third-order valence-electron chi connectivity index (χ3n) is 0.556. The fourth-order valence-electron chi connectivity index (χ4n) is 0.321. The van der Waals surface area contributed by atoms with Gasteiger partial charge in [0.2, 0.25) is 0 Å². The van der Waals surface area contributed by atoms with Crippen LogP contribution in [-0.2, 0) is 19.5 Å². The zero-order valence-electron chi connectivity index (χ0n) is 3.29.